The van der Waals surface area contributed by atoms with Crippen molar-refractivity contribution in [3.8, 4) is 6.07 Å². The van der Waals surface area contributed by atoms with Crippen LogP contribution >= 0.6 is 11.6 Å². The first-order chi connectivity index (χ1) is 17.4. The van der Waals surface area contributed by atoms with Gasteiger partial charge in [0.2, 0.25) is 11.9 Å². The van der Waals surface area contributed by atoms with Gasteiger partial charge in [-0.15, -0.1) is 0 Å². The van der Waals surface area contributed by atoms with Crippen molar-refractivity contribution in [2.24, 2.45) is 5.73 Å². The van der Waals surface area contributed by atoms with Crippen LogP contribution in [0.2, 0.25) is 5.02 Å². The maximum absolute atomic E-state index is 12.1. The third-order valence-corrected chi connectivity index (χ3v) is 6.36. The number of nitrogens with one attached hydrogen (secondary N) is 2. The number of anilines is 5. The molecule has 1 aromatic heterocycles. The average molecular weight is 503 g/mol. The van der Waals surface area contributed by atoms with Gasteiger partial charge >= 0.3 is 0 Å². The lowest BCUT2D eigenvalue weighted by molar-refractivity contribution is -0.112. The van der Waals surface area contributed by atoms with Gasteiger partial charge in [0, 0.05) is 43.0 Å². The predicted molar refractivity (Wildman–Crippen MR) is 144 cm³/mol. The van der Waals surface area contributed by atoms with Crippen LogP contribution < -0.4 is 21.3 Å². The summed E-state index contributed by atoms with van der Waals surface area (Å²) in [6, 6.07) is 15.0. The van der Waals surface area contributed by atoms with Crippen molar-refractivity contribution in [2.45, 2.75) is 6.92 Å². The lowest BCUT2D eigenvalue weighted by Crippen LogP contribution is -2.46. The summed E-state index contributed by atoms with van der Waals surface area (Å²) in [4.78, 5) is 25.4. The molecule has 1 fully saturated rings. The van der Waals surface area contributed by atoms with Crippen LogP contribution in [0.1, 0.15) is 18.1 Å². The number of halogens is 1. The van der Waals surface area contributed by atoms with Gasteiger partial charge in [-0.2, -0.15) is 10.2 Å². The fraction of sp³-hybridized carbons (Fsp3) is 0.231. The molecular formula is C26H27ClN8O. The molecule has 36 heavy (non-hydrogen) atoms. The summed E-state index contributed by atoms with van der Waals surface area (Å²) < 4.78 is 0. The molecule has 1 amide bonds. The number of nitrogens with two attached hydrogens (primary N) is 1. The number of nitriles is 1. The molecule has 0 spiro atoms. The molecule has 2 heterocycles. The summed E-state index contributed by atoms with van der Waals surface area (Å²) in [6.07, 6.45) is 1.42. The van der Waals surface area contributed by atoms with Gasteiger partial charge in [-0.1, -0.05) is 43.3 Å². The molecule has 4 N–H and O–H groups in total. The van der Waals surface area contributed by atoms with E-state index >= 15 is 0 Å². The van der Waals surface area contributed by atoms with Crippen molar-refractivity contribution in [1.82, 2.24) is 14.9 Å². The normalized spacial score (nSPS) is 13.6. The van der Waals surface area contributed by atoms with Crippen LogP contribution in [-0.2, 0) is 4.79 Å². The summed E-state index contributed by atoms with van der Waals surface area (Å²) in [5.41, 5.74) is 8.57. The number of carbonyl (C=O) groups excluding carboxylic acids is 1. The number of piperazine rings is 1. The van der Waals surface area contributed by atoms with Crippen LogP contribution in [0.5, 0.6) is 0 Å². The highest BCUT2D eigenvalue weighted by molar-refractivity contribution is 6.34. The van der Waals surface area contributed by atoms with Gasteiger partial charge < -0.3 is 26.2 Å². The van der Waals surface area contributed by atoms with Crippen LogP contribution in [0, 0.1) is 11.3 Å². The second-order valence-corrected chi connectivity index (χ2v) is 8.70. The van der Waals surface area contributed by atoms with E-state index in [0.717, 1.165) is 44.1 Å². The van der Waals surface area contributed by atoms with E-state index in [4.69, 9.17) is 17.3 Å². The Labute approximate surface area is 215 Å². The number of hydrogen-bond donors (Lipinski definition) is 3. The maximum Gasteiger partial charge on any atom is 0.248 e. The molecule has 1 saturated heterocycles. The highest BCUT2D eigenvalue weighted by Gasteiger charge is 2.22. The molecule has 3 aromatic rings. The van der Waals surface area contributed by atoms with Crippen LogP contribution in [-0.4, -0.2) is 53.5 Å². The van der Waals surface area contributed by atoms with Gasteiger partial charge in [0.1, 0.15) is 11.6 Å². The van der Waals surface area contributed by atoms with Crippen molar-refractivity contribution >= 4 is 51.9 Å². The third kappa shape index (κ3) is 5.57. The van der Waals surface area contributed by atoms with Gasteiger partial charge in [0.05, 0.1) is 22.6 Å². The first kappa shape index (κ1) is 25.0. The molecule has 0 radical (unpaired) electrons. The second kappa shape index (κ2) is 11.1. The van der Waals surface area contributed by atoms with E-state index in [9.17, 15) is 10.1 Å². The van der Waals surface area contributed by atoms with Gasteiger partial charge in [0.25, 0.3) is 0 Å². The van der Waals surface area contributed by atoms with Crippen molar-refractivity contribution in [2.75, 3.05) is 48.3 Å². The topological polar surface area (TPSA) is 123 Å². The molecule has 9 nitrogen and oxygen atoms in total. The molecule has 0 aliphatic carbocycles. The number of aromatic nitrogens is 2. The Morgan fingerprint density at radius 3 is 2.56 bits per heavy atom. The quantitative estimate of drug-likeness (QED) is 0.393. The number of likely N-dealkylation sites (N-methyl/N-ethyl adjacent to an activating group) is 1. The molecular weight excluding hydrogens is 476 g/mol. The number of para-hydroxylation sites is 1. The fourth-order valence-corrected chi connectivity index (χ4v) is 4.28. The van der Waals surface area contributed by atoms with E-state index in [2.05, 4.69) is 50.0 Å². The Morgan fingerprint density at radius 1 is 1.19 bits per heavy atom. The average Bonchev–Trinajstić information content (AvgIpc) is 2.89. The number of nitrogens with zero attached hydrogens (tertiary/aromatic N) is 5. The minimum Gasteiger partial charge on any atom is -0.368 e. The molecule has 0 saturated carbocycles. The molecule has 0 bridgehead atoms. The predicted octanol–water partition coefficient (Wildman–Crippen LogP) is 4.13. The summed E-state index contributed by atoms with van der Waals surface area (Å²) >= 11 is 6.70. The molecule has 0 unspecified atom stereocenters. The molecule has 1 aliphatic heterocycles. The number of benzene rings is 2. The number of rotatable bonds is 8. The van der Waals surface area contributed by atoms with Gasteiger partial charge in [-0.3, -0.25) is 4.79 Å². The summed E-state index contributed by atoms with van der Waals surface area (Å²) in [7, 11) is 0. The van der Waals surface area contributed by atoms with Gasteiger partial charge in [-0.25, -0.2) is 4.98 Å². The van der Waals surface area contributed by atoms with Gasteiger partial charge in [-0.05, 0) is 30.8 Å². The highest BCUT2D eigenvalue weighted by Crippen LogP contribution is 2.36. The first-order valence-electron chi connectivity index (χ1n) is 11.6. The zero-order chi connectivity index (χ0) is 25.7. The zero-order valence-electron chi connectivity index (χ0n) is 20.0. The largest absolute Gasteiger partial charge is 0.368 e. The smallest absolute Gasteiger partial charge is 0.248 e. The summed E-state index contributed by atoms with van der Waals surface area (Å²) in [6.45, 7) is 10.5. The number of carbonyl (C=O) groups is 1. The molecule has 2 aromatic carbocycles. The van der Waals surface area contributed by atoms with Crippen LogP contribution in [0.4, 0.5) is 28.8 Å². The van der Waals surface area contributed by atoms with E-state index in [0.29, 0.717) is 22.1 Å². The Morgan fingerprint density at radius 2 is 1.92 bits per heavy atom. The van der Waals surface area contributed by atoms with Crippen molar-refractivity contribution in [3.05, 3.63) is 71.4 Å². The lowest BCUT2D eigenvalue weighted by Gasteiger charge is -2.36. The highest BCUT2D eigenvalue weighted by atomic mass is 35.5. The standard InChI is InChI=1S/C26H27ClN8O/c1-3-34-9-11-35(12-10-34)23-13-20(17(2)24(29)36)22(14-21(23)27)32-26-30-16-18(15-28)25(33-26)31-19-7-5-4-6-8-19/h4-8,13-14,16H,2-3,9-12H2,1H3,(H2,29,36)(H2,30,31,32,33). The summed E-state index contributed by atoms with van der Waals surface area (Å²) in [5, 5.41) is 16.3. The van der Waals surface area contributed by atoms with Crippen LogP contribution in [0.25, 0.3) is 5.57 Å². The molecule has 0 atom stereocenters. The Balaban J connectivity index is 1.67. The molecule has 4 rings (SSSR count). The zero-order valence-corrected chi connectivity index (χ0v) is 20.7. The van der Waals surface area contributed by atoms with Crippen LogP contribution in [0.3, 0.4) is 0 Å². The number of amides is 1. The minimum absolute atomic E-state index is 0.138. The molecule has 184 valence electrons. The number of primary amides is 1. The fourth-order valence-electron chi connectivity index (χ4n) is 3.99. The molecule has 1 aliphatic rings. The van der Waals surface area contributed by atoms with Crippen molar-refractivity contribution < 1.29 is 4.79 Å². The molecule has 10 heteroatoms. The Bertz CT molecular complexity index is 1310. The second-order valence-electron chi connectivity index (χ2n) is 8.30. The minimum atomic E-state index is -0.644. The van der Waals surface area contributed by atoms with E-state index in [1.807, 2.05) is 36.4 Å². The van der Waals surface area contributed by atoms with E-state index in [-0.39, 0.29) is 17.1 Å². The van der Waals surface area contributed by atoms with Crippen molar-refractivity contribution in [1.29, 1.82) is 5.26 Å². The third-order valence-electron chi connectivity index (χ3n) is 6.06. The Hall–Kier alpha value is -4.13. The lowest BCUT2D eigenvalue weighted by atomic mass is 10.0. The Kier molecular flexibility index (Phi) is 7.68. The maximum atomic E-state index is 12.1. The van der Waals surface area contributed by atoms with E-state index in [1.165, 1.54) is 6.20 Å². The summed E-state index contributed by atoms with van der Waals surface area (Å²) in [5.74, 6) is -0.0892. The monoisotopic (exact) mass is 502 g/mol. The van der Waals surface area contributed by atoms with E-state index in [1.54, 1.807) is 6.07 Å². The first-order valence-corrected chi connectivity index (χ1v) is 11.9. The SMILES string of the molecule is C=C(C(N)=O)c1cc(N2CCN(CC)CC2)c(Cl)cc1Nc1ncc(C#N)c(Nc2ccccc2)n1. The van der Waals surface area contributed by atoms with Crippen molar-refractivity contribution in [3.63, 3.8) is 0 Å². The number of hydrogen-bond acceptors (Lipinski definition) is 8. The van der Waals surface area contributed by atoms with E-state index < -0.39 is 5.91 Å². The van der Waals surface area contributed by atoms with Crippen LogP contribution in [0.15, 0.2) is 55.2 Å². The van der Waals surface area contributed by atoms with Gasteiger partial charge in [0.15, 0.2) is 5.82 Å².